The number of hydrogen-bond donors (Lipinski definition) is 1. The minimum atomic E-state index is -0.277. The number of carbonyl (C=O) groups excluding carboxylic acids is 1. The molecule has 0 aliphatic heterocycles. The van der Waals surface area contributed by atoms with Crippen molar-refractivity contribution >= 4 is 57.0 Å². The molecule has 0 bridgehead atoms. The van der Waals surface area contributed by atoms with Crippen LogP contribution in [0.15, 0.2) is 63.6 Å². The van der Waals surface area contributed by atoms with Crippen LogP contribution in [0.25, 0.3) is 15.9 Å². The lowest BCUT2D eigenvalue weighted by Gasteiger charge is -2.12. The maximum Gasteiger partial charge on any atom is 0.267 e. The van der Waals surface area contributed by atoms with E-state index in [4.69, 9.17) is 16.6 Å². The SMILES string of the molecule is CC(C)c1ccc(C=NNC(=O)CSc2nc3sc4c(c3c(=O)n2-c2ccc(Cl)cc2)CCC4)cc1. The highest BCUT2D eigenvalue weighted by atomic mass is 35.5. The van der Waals surface area contributed by atoms with Crippen molar-refractivity contribution in [2.75, 3.05) is 5.75 Å². The van der Waals surface area contributed by atoms with Gasteiger partial charge in [0.25, 0.3) is 11.5 Å². The molecule has 0 spiro atoms. The molecule has 4 aromatic rings. The van der Waals surface area contributed by atoms with Crippen LogP contribution in [0.1, 0.15) is 47.8 Å². The van der Waals surface area contributed by atoms with Crippen molar-refractivity contribution in [1.82, 2.24) is 15.0 Å². The van der Waals surface area contributed by atoms with E-state index in [0.717, 1.165) is 35.2 Å². The molecule has 0 saturated heterocycles. The Balaban J connectivity index is 1.36. The van der Waals surface area contributed by atoms with E-state index in [1.54, 1.807) is 46.4 Å². The van der Waals surface area contributed by atoms with Crippen molar-refractivity contribution in [2.45, 2.75) is 44.2 Å². The van der Waals surface area contributed by atoms with Crippen LogP contribution >= 0.6 is 34.7 Å². The fourth-order valence-electron chi connectivity index (χ4n) is 4.25. The maximum absolute atomic E-state index is 13.7. The minimum Gasteiger partial charge on any atom is -0.272 e. The summed E-state index contributed by atoms with van der Waals surface area (Å²) in [5.74, 6) is 0.252. The molecule has 1 aliphatic rings. The van der Waals surface area contributed by atoms with Gasteiger partial charge < -0.3 is 0 Å². The van der Waals surface area contributed by atoms with Gasteiger partial charge in [0.15, 0.2) is 5.16 Å². The third-order valence-electron chi connectivity index (χ3n) is 6.13. The number of thioether (sulfide) groups is 1. The Morgan fingerprint density at radius 3 is 2.67 bits per heavy atom. The van der Waals surface area contributed by atoms with E-state index >= 15 is 0 Å². The van der Waals surface area contributed by atoms with Crippen LogP contribution in [0, 0.1) is 0 Å². The number of halogens is 1. The van der Waals surface area contributed by atoms with E-state index in [9.17, 15) is 9.59 Å². The van der Waals surface area contributed by atoms with Crippen molar-refractivity contribution in [3.8, 4) is 5.69 Å². The quantitative estimate of drug-likeness (QED) is 0.137. The van der Waals surface area contributed by atoms with Crippen LogP contribution in [-0.2, 0) is 17.6 Å². The Hall–Kier alpha value is -2.94. The number of thiophene rings is 1. The fraction of sp³-hybridized carbons (Fsp3) is 0.259. The number of hydrogen-bond acceptors (Lipinski definition) is 6. The monoisotopic (exact) mass is 536 g/mol. The first kappa shape index (κ1) is 24.7. The first-order valence-corrected chi connectivity index (χ1v) is 14.0. The van der Waals surface area contributed by atoms with Crippen LogP contribution in [0.2, 0.25) is 5.02 Å². The van der Waals surface area contributed by atoms with Gasteiger partial charge in [-0.05, 0) is 66.1 Å². The lowest BCUT2D eigenvalue weighted by atomic mass is 10.0. The molecule has 0 fully saturated rings. The Kier molecular flexibility index (Phi) is 7.27. The molecule has 9 heteroatoms. The third-order valence-corrected chi connectivity index (χ3v) is 8.51. The summed E-state index contributed by atoms with van der Waals surface area (Å²) < 4.78 is 1.58. The van der Waals surface area contributed by atoms with Gasteiger partial charge in [0.05, 0.1) is 23.0 Å². The first-order chi connectivity index (χ1) is 17.4. The summed E-state index contributed by atoms with van der Waals surface area (Å²) in [6, 6.07) is 15.1. The molecule has 2 aromatic heterocycles. The standard InChI is InChI=1S/C27H25ClN4O2S2/c1-16(2)18-8-6-17(7-9-18)14-29-31-23(33)15-35-27-30-25-24(21-4-3-5-22(21)36-25)26(34)32(27)20-12-10-19(28)11-13-20/h6-14,16H,3-5,15H2,1-2H3,(H,31,33). The molecule has 6 nitrogen and oxygen atoms in total. The molecular formula is C27H25ClN4O2S2. The van der Waals surface area contributed by atoms with E-state index in [2.05, 4.69) is 36.5 Å². The second-order valence-corrected chi connectivity index (χ2v) is 11.4. The summed E-state index contributed by atoms with van der Waals surface area (Å²) in [5, 5.41) is 5.83. The molecule has 1 aliphatic carbocycles. The van der Waals surface area contributed by atoms with Gasteiger partial charge in [-0.15, -0.1) is 11.3 Å². The number of aryl methyl sites for hydroxylation is 2. The molecule has 2 heterocycles. The number of nitrogens with zero attached hydrogens (tertiary/aromatic N) is 3. The van der Waals surface area contributed by atoms with E-state index < -0.39 is 0 Å². The summed E-state index contributed by atoms with van der Waals surface area (Å²) in [6.07, 6.45) is 4.57. The van der Waals surface area contributed by atoms with Crippen LogP contribution in [0.4, 0.5) is 0 Å². The smallest absolute Gasteiger partial charge is 0.267 e. The Bertz CT molecular complexity index is 1510. The zero-order valence-electron chi connectivity index (χ0n) is 20.0. The highest BCUT2D eigenvalue weighted by molar-refractivity contribution is 7.99. The van der Waals surface area contributed by atoms with Crippen LogP contribution in [0.5, 0.6) is 0 Å². The Morgan fingerprint density at radius 2 is 1.94 bits per heavy atom. The normalized spacial score (nSPS) is 13.1. The molecule has 0 unspecified atom stereocenters. The van der Waals surface area contributed by atoms with Crippen LogP contribution < -0.4 is 11.0 Å². The molecule has 5 rings (SSSR count). The average Bonchev–Trinajstić information content (AvgIpc) is 3.45. The highest BCUT2D eigenvalue weighted by Gasteiger charge is 2.24. The number of nitrogens with one attached hydrogen (secondary N) is 1. The van der Waals surface area contributed by atoms with Gasteiger partial charge in [0, 0.05) is 9.90 Å². The van der Waals surface area contributed by atoms with Crippen molar-refractivity contribution in [1.29, 1.82) is 0 Å². The molecule has 1 N–H and O–H groups in total. The summed E-state index contributed by atoms with van der Waals surface area (Å²) in [4.78, 5) is 33.0. The van der Waals surface area contributed by atoms with E-state index in [1.165, 1.54) is 22.2 Å². The van der Waals surface area contributed by atoms with Gasteiger partial charge >= 0.3 is 0 Å². The summed E-state index contributed by atoms with van der Waals surface area (Å²) in [6.45, 7) is 4.29. The molecule has 36 heavy (non-hydrogen) atoms. The summed E-state index contributed by atoms with van der Waals surface area (Å²) in [7, 11) is 0. The average molecular weight is 537 g/mol. The van der Waals surface area contributed by atoms with Gasteiger partial charge in [0.1, 0.15) is 4.83 Å². The van der Waals surface area contributed by atoms with E-state index in [-0.39, 0.29) is 17.2 Å². The number of hydrazone groups is 1. The van der Waals surface area contributed by atoms with Crippen LogP contribution in [-0.4, -0.2) is 27.4 Å². The van der Waals surface area contributed by atoms with Gasteiger partial charge in [-0.25, -0.2) is 10.4 Å². The third kappa shape index (κ3) is 5.12. The van der Waals surface area contributed by atoms with Crippen molar-refractivity contribution in [2.24, 2.45) is 5.10 Å². The van der Waals surface area contributed by atoms with E-state index in [0.29, 0.717) is 27.2 Å². The predicted molar refractivity (Wildman–Crippen MR) is 149 cm³/mol. The summed E-state index contributed by atoms with van der Waals surface area (Å²) in [5.41, 5.74) is 6.41. The molecule has 0 atom stereocenters. The minimum absolute atomic E-state index is 0.0697. The highest BCUT2D eigenvalue weighted by Crippen LogP contribution is 2.36. The number of fused-ring (bicyclic) bond motifs is 3. The van der Waals surface area contributed by atoms with Gasteiger partial charge in [-0.3, -0.25) is 14.2 Å². The lowest BCUT2D eigenvalue weighted by molar-refractivity contribution is -0.118. The topological polar surface area (TPSA) is 76.3 Å². The zero-order valence-corrected chi connectivity index (χ0v) is 22.3. The molecule has 184 valence electrons. The summed E-state index contributed by atoms with van der Waals surface area (Å²) >= 11 is 8.88. The number of aromatic nitrogens is 2. The molecule has 0 radical (unpaired) electrons. The second kappa shape index (κ2) is 10.6. The van der Waals surface area contributed by atoms with Gasteiger partial charge in [-0.2, -0.15) is 5.10 Å². The van der Waals surface area contributed by atoms with Crippen molar-refractivity contribution in [3.63, 3.8) is 0 Å². The number of rotatable bonds is 7. The van der Waals surface area contributed by atoms with Crippen LogP contribution in [0.3, 0.4) is 0 Å². The lowest BCUT2D eigenvalue weighted by Crippen LogP contribution is -2.24. The molecule has 1 amide bonds. The van der Waals surface area contributed by atoms with E-state index in [1.807, 2.05) is 12.1 Å². The van der Waals surface area contributed by atoms with Crippen molar-refractivity contribution < 1.29 is 4.79 Å². The first-order valence-electron chi connectivity index (χ1n) is 11.8. The number of carbonyl (C=O) groups is 1. The zero-order chi connectivity index (χ0) is 25.2. The van der Waals surface area contributed by atoms with Gasteiger partial charge in [-0.1, -0.05) is 61.5 Å². The van der Waals surface area contributed by atoms with Crippen molar-refractivity contribution in [3.05, 3.63) is 85.5 Å². The van der Waals surface area contributed by atoms with Gasteiger partial charge in [0.2, 0.25) is 0 Å². The number of benzene rings is 2. The Labute approximate surface area is 222 Å². The fourth-order valence-corrected chi connectivity index (χ4v) is 6.48. The molecular weight excluding hydrogens is 512 g/mol. The second-order valence-electron chi connectivity index (χ2n) is 8.95. The molecule has 2 aromatic carbocycles. The molecule has 0 saturated carbocycles. The maximum atomic E-state index is 13.7. The largest absolute Gasteiger partial charge is 0.272 e. The Morgan fingerprint density at radius 1 is 1.19 bits per heavy atom. The predicted octanol–water partition coefficient (Wildman–Crippen LogP) is 5.96. The number of amides is 1.